The topological polar surface area (TPSA) is 44.1 Å². The zero-order valence-corrected chi connectivity index (χ0v) is 16.8. The van der Waals surface area contributed by atoms with Gasteiger partial charge in [-0.3, -0.25) is 4.79 Å². The predicted octanol–water partition coefficient (Wildman–Crippen LogP) is 5.59. The monoisotopic (exact) mass is 418 g/mol. The fourth-order valence-corrected chi connectivity index (χ4v) is 3.22. The number of hydrogen-bond acceptors (Lipinski definition) is 3. The molecule has 2 aromatic carbocycles. The van der Waals surface area contributed by atoms with Crippen molar-refractivity contribution in [3.8, 4) is 5.75 Å². The van der Waals surface area contributed by atoms with Gasteiger partial charge in [-0.05, 0) is 48.9 Å². The summed E-state index contributed by atoms with van der Waals surface area (Å²) in [6, 6.07) is 11.5. The highest BCUT2D eigenvalue weighted by atomic mass is 35.5. The fourth-order valence-electron chi connectivity index (χ4n) is 2.72. The molecule has 0 saturated carbocycles. The summed E-state index contributed by atoms with van der Waals surface area (Å²) < 4.78 is 20.3. The number of carbonyl (C=O) groups is 1. The van der Waals surface area contributed by atoms with Crippen molar-refractivity contribution >= 4 is 35.1 Å². The number of aryl methyl sites for hydroxylation is 1. The third-order valence-corrected chi connectivity index (χ3v) is 4.99. The van der Waals surface area contributed by atoms with Crippen molar-refractivity contribution in [1.29, 1.82) is 0 Å². The Kier molecular flexibility index (Phi) is 6.17. The zero-order valence-electron chi connectivity index (χ0n) is 15.2. The first kappa shape index (κ1) is 20.1. The maximum atomic E-state index is 13.8. The van der Waals surface area contributed by atoms with Gasteiger partial charge in [-0.25, -0.2) is 9.07 Å². The maximum Gasteiger partial charge on any atom is 0.185 e. The summed E-state index contributed by atoms with van der Waals surface area (Å²) in [5.74, 6) is -0.861. The van der Waals surface area contributed by atoms with Crippen LogP contribution >= 0.6 is 23.2 Å². The summed E-state index contributed by atoms with van der Waals surface area (Å²) in [5.41, 5.74) is 2.39. The summed E-state index contributed by atoms with van der Waals surface area (Å²) >= 11 is 12.6. The molecule has 0 aliphatic rings. The molecule has 0 aliphatic carbocycles. The van der Waals surface area contributed by atoms with Gasteiger partial charge in [-0.15, -0.1) is 0 Å². The molecule has 1 heterocycles. The Morgan fingerprint density at radius 3 is 2.68 bits per heavy atom. The summed E-state index contributed by atoms with van der Waals surface area (Å²) in [4.78, 5) is 12.4. The molecule has 0 aliphatic heterocycles. The number of carbonyl (C=O) groups excluding carboxylic acids is 1. The normalized spacial score (nSPS) is 11.2. The van der Waals surface area contributed by atoms with E-state index in [4.69, 9.17) is 27.9 Å². The van der Waals surface area contributed by atoms with Crippen LogP contribution in [0.5, 0.6) is 5.75 Å². The van der Waals surface area contributed by atoms with Crippen LogP contribution in [0.4, 0.5) is 4.39 Å². The van der Waals surface area contributed by atoms with Crippen LogP contribution in [0.1, 0.15) is 27.2 Å². The highest BCUT2D eigenvalue weighted by Gasteiger charge is 2.14. The van der Waals surface area contributed by atoms with Gasteiger partial charge in [0.2, 0.25) is 0 Å². The Morgan fingerprint density at radius 1 is 1.25 bits per heavy atom. The predicted molar refractivity (Wildman–Crippen MR) is 109 cm³/mol. The Labute approximate surface area is 172 Å². The van der Waals surface area contributed by atoms with E-state index in [1.807, 2.05) is 18.2 Å². The van der Waals surface area contributed by atoms with Crippen molar-refractivity contribution in [3.63, 3.8) is 0 Å². The minimum atomic E-state index is -0.594. The first-order valence-electron chi connectivity index (χ1n) is 8.43. The number of hydrogen-bond donors (Lipinski definition) is 0. The van der Waals surface area contributed by atoms with E-state index in [0.717, 1.165) is 11.6 Å². The van der Waals surface area contributed by atoms with Gasteiger partial charge in [0.25, 0.3) is 0 Å². The summed E-state index contributed by atoms with van der Waals surface area (Å²) in [6.07, 6.45) is 2.93. The highest BCUT2D eigenvalue weighted by Crippen LogP contribution is 2.25. The number of halogens is 3. The first-order chi connectivity index (χ1) is 13.4. The molecule has 28 heavy (non-hydrogen) atoms. The van der Waals surface area contributed by atoms with E-state index < -0.39 is 5.82 Å². The Balaban J connectivity index is 1.82. The molecule has 0 radical (unpaired) electrons. The van der Waals surface area contributed by atoms with Gasteiger partial charge in [0, 0.05) is 16.1 Å². The van der Waals surface area contributed by atoms with Crippen LogP contribution in [0.2, 0.25) is 10.2 Å². The Hall–Kier alpha value is -2.63. The van der Waals surface area contributed by atoms with Gasteiger partial charge < -0.3 is 4.74 Å². The van der Waals surface area contributed by atoms with Crippen LogP contribution in [-0.4, -0.2) is 22.7 Å². The molecule has 0 saturated heterocycles. The Morgan fingerprint density at radius 2 is 2.00 bits per heavy atom. The van der Waals surface area contributed by atoms with Crippen LogP contribution in [0.15, 0.2) is 48.5 Å². The van der Waals surface area contributed by atoms with Gasteiger partial charge in [0.15, 0.2) is 17.3 Å². The lowest BCUT2D eigenvalue weighted by molar-refractivity contribution is 0.104. The van der Waals surface area contributed by atoms with Gasteiger partial charge in [-0.2, -0.15) is 5.10 Å². The van der Waals surface area contributed by atoms with E-state index in [9.17, 15) is 9.18 Å². The molecule has 0 unspecified atom stereocenters. The third-order valence-electron chi connectivity index (χ3n) is 4.23. The molecular formula is C21H17Cl2FN2O2. The molecule has 1 aromatic heterocycles. The SMILES string of the molecule is COc1ccc(C(=O)/C=C/c2c(C)nn(Cc3ccccc3Cl)c2Cl)cc1F. The summed E-state index contributed by atoms with van der Waals surface area (Å²) in [6.45, 7) is 2.21. The third kappa shape index (κ3) is 4.26. The van der Waals surface area contributed by atoms with E-state index in [1.165, 1.54) is 25.3 Å². The van der Waals surface area contributed by atoms with Crippen molar-refractivity contribution in [2.45, 2.75) is 13.5 Å². The number of benzene rings is 2. The molecular weight excluding hydrogens is 402 g/mol. The lowest BCUT2D eigenvalue weighted by Crippen LogP contribution is -2.02. The second-order valence-corrected chi connectivity index (χ2v) is 6.85. The average molecular weight is 419 g/mol. The molecule has 144 valence electrons. The standard InChI is InChI=1S/C21H17Cl2FN2O2/c1-13-16(8-9-19(27)14-7-10-20(28-2)18(24)11-14)21(23)26(25-13)12-15-5-3-4-6-17(15)22/h3-11H,12H2,1-2H3/b9-8+. The fraction of sp³-hybridized carbons (Fsp3) is 0.143. The molecule has 7 heteroatoms. The second kappa shape index (κ2) is 8.59. The van der Waals surface area contributed by atoms with Gasteiger partial charge in [0.05, 0.1) is 19.3 Å². The number of rotatable bonds is 6. The van der Waals surface area contributed by atoms with Crippen molar-refractivity contribution in [2.24, 2.45) is 0 Å². The van der Waals surface area contributed by atoms with E-state index in [-0.39, 0.29) is 17.1 Å². The zero-order chi connectivity index (χ0) is 20.3. The molecule has 0 N–H and O–H groups in total. The number of allylic oxidation sites excluding steroid dienone is 1. The summed E-state index contributed by atoms with van der Waals surface area (Å²) in [7, 11) is 1.37. The Bertz CT molecular complexity index is 1060. The van der Waals surface area contributed by atoms with E-state index in [2.05, 4.69) is 5.10 Å². The first-order valence-corrected chi connectivity index (χ1v) is 9.18. The molecule has 3 rings (SSSR count). The van der Waals surface area contributed by atoms with Crippen molar-refractivity contribution < 1.29 is 13.9 Å². The summed E-state index contributed by atoms with van der Waals surface area (Å²) in [5, 5.41) is 5.44. The van der Waals surface area contributed by atoms with E-state index >= 15 is 0 Å². The van der Waals surface area contributed by atoms with Crippen LogP contribution < -0.4 is 4.74 Å². The largest absolute Gasteiger partial charge is 0.494 e. The van der Waals surface area contributed by atoms with Crippen LogP contribution in [0, 0.1) is 12.7 Å². The molecule has 0 amide bonds. The number of aromatic nitrogens is 2. The number of ketones is 1. The lowest BCUT2D eigenvalue weighted by Gasteiger charge is -2.05. The second-order valence-electron chi connectivity index (χ2n) is 6.09. The quantitative estimate of drug-likeness (QED) is 0.387. The minimum absolute atomic E-state index is 0.0836. The van der Waals surface area contributed by atoms with Crippen LogP contribution in [0.25, 0.3) is 6.08 Å². The van der Waals surface area contributed by atoms with Crippen molar-refractivity contribution in [3.05, 3.63) is 86.9 Å². The molecule has 0 bridgehead atoms. The maximum absolute atomic E-state index is 13.8. The van der Waals surface area contributed by atoms with Gasteiger partial charge in [0.1, 0.15) is 5.15 Å². The molecule has 0 spiro atoms. The van der Waals surface area contributed by atoms with E-state index in [0.29, 0.717) is 28.0 Å². The van der Waals surface area contributed by atoms with Gasteiger partial charge in [-0.1, -0.05) is 41.4 Å². The molecule has 3 aromatic rings. The highest BCUT2D eigenvalue weighted by molar-refractivity contribution is 6.32. The average Bonchev–Trinajstić information content (AvgIpc) is 2.94. The van der Waals surface area contributed by atoms with Crippen molar-refractivity contribution in [1.82, 2.24) is 9.78 Å². The smallest absolute Gasteiger partial charge is 0.185 e. The van der Waals surface area contributed by atoms with Crippen LogP contribution in [-0.2, 0) is 6.54 Å². The van der Waals surface area contributed by atoms with E-state index in [1.54, 1.807) is 23.7 Å². The van der Waals surface area contributed by atoms with Crippen LogP contribution in [0.3, 0.4) is 0 Å². The number of ether oxygens (including phenoxy) is 1. The number of nitrogens with zero attached hydrogens (tertiary/aromatic N) is 2. The molecule has 0 atom stereocenters. The lowest BCUT2D eigenvalue weighted by atomic mass is 10.1. The number of methoxy groups -OCH3 is 1. The molecule has 4 nitrogen and oxygen atoms in total. The van der Waals surface area contributed by atoms with Gasteiger partial charge >= 0.3 is 0 Å². The molecule has 0 fully saturated rings. The minimum Gasteiger partial charge on any atom is -0.494 e. The van der Waals surface area contributed by atoms with Crippen molar-refractivity contribution in [2.75, 3.05) is 7.11 Å².